The monoisotopic (exact) mass is 257 g/mol. The Labute approximate surface area is 111 Å². The maximum Gasteiger partial charge on any atom is 0.187 e. The zero-order chi connectivity index (χ0) is 13.2. The van der Waals surface area contributed by atoms with Crippen molar-refractivity contribution in [3.63, 3.8) is 0 Å². The third-order valence-corrected chi connectivity index (χ3v) is 2.99. The number of rotatable bonds is 4. The van der Waals surface area contributed by atoms with Crippen molar-refractivity contribution in [1.29, 1.82) is 0 Å². The van der Waals surface area contributed by atoms with E-state index in [0.717, 1.165) is 24.2 Å². The Morgan fingerprint density at radius 2 is 1.89 bits per heavy atom. The molecular weight excluding hydrogens is 242 g/mol. The molecule has 3 rings (SSSR count). The van der Waals surface area contributed by atoms with Gasteiger partial charge in [-0.3, -0.25) is 0 Å². The molecule has 2 aromatic rings. The number of hydrogen-bond donors (Lipinski definition) is 1. The number of methoxy groups -OCH3 is 1. The van der Waals surface area contributed by atoms with Crippen molar-refractivity contribution in [3.8, 4) is 22.8 Å². The minimum Gasteiger partial charge on any atom is -0.491 e. The van der Waals surface area contributed by atoms with Crippen LogP contribution >= 0.6 is 0 Å². The van der Waals surface area contributed by atoms with Crippen LogP contribution < -0.4 is 15.2 Å². The van der Waals surface area contributed by atoms with E-state index in [0.29, 0.717) is 23.4 Å². The Bertz CT molecular complexity index is 580. The fraction of sp³-hybridized carbons (Fsp3) is 0.286. The van der Waals surface area contributed by atoms with Gasteiger partial charge in [-0.25, -0.2) is 9.97 Å². The third-order valence-electron chi connectivity index (χ3n) is 2.99. The number of aromatic nitrogens is 2. The molecule has 98 valence electrons. The van der Waals surface area contributed by atoms with Crippen LogP contribution in [0.1, 0.15) is 12.8 Å². The third kappa shape index (κ3) is 2.45. The predicted molar refractivity (Wildman–Crippen MR) is 72.1 cm³/mol. The predicted octanol–water partition coefficient (Wildman–Crippen LogP) is 2.28. The summed E-state index contributed by atoms with van der Waals surface area (Å²) in [6.45, 7) is 0. The van der Waals surface area contributed by atoms with Gasteiger partial charge in [-0.15, -0.1) is 0 Å². The molecule has 5 heteroatoms. The summed E-state index contributed by atoms with van der Waals surface area (Å²) in [5.41, 5.74) is 7.39. The average Bonchev–Trinajstić information content (AvgIpc) is 3.23. The number of nitrogen functional groups attached to an aromatic ring is 1. The highest BCUT2D eigenvalue weighted by molar-refractivity contribution is 5.71. The van der Waals surface area contributed by atoms with Crippen LogP contribution in [0.3, 0.4) is 0 Å². The summed E-state index contributed by atoms with van der Waals surface area (Å²) in [6.07, 6.45) is 4.13. The SMILES string of the molecule is COc1c(N)ncnc1-c1ccc(OC2CC2)cc1. The number of benzene rings is 1. The van der Waals surface area contributed by atoms with Crippen molar-refractivity contribution in [2.45, 2.75) is 18.9 Å². The van der Waals surface area contributed by atoms with Crippen LogP contribution in [-0.4, -0.2) is 23.2 Å². The highest BCUT2D eigenvalue weighted by Crippen LogP contribution is 2.33. The van der Waals surface area contributed by atoms with Crippen LogP contribution in [-0.2, 0) is 0 Å². The molecule has 0 saturated heterocycles. The molecule has 1 aromatic heterocycles. The Kier molecular flexibility index (Phi) is 2.95. The summed E-state index contributed by atoms with van der Waals surface area (Å²) in [5.74, 6) is 1.72. The van der Waals surface area contributed by atoms with Gasteiger partial charge in [-0.05, 0) is 37.1 Å². The van der Waals surface area contributed by atoms with Gasteiger partial charge in [0, 0.05) is 5.56 Å². The van der Waals surface area contributed by atoms with Crippen LogP contribution in [0.15, 0.2) is 30.6 Å². The molecule has 19 heavy (non-hydrogen) atoms. The molecule has 5 nitrogen and oxygen atoms in total. The summed E-state index contributed by atoms with van der Waals surface area (Å²) in [4.78, 5) is 8.14. The first-order valence-corrected chi connectivity index (χ1v) is 6.19. The van der Waals surface area contributed by atoms with E-state index in [-0.39, 0.29) is 0 Å². The summed E-state index contributed by atoms with van der Waals surface area (Å²) in [5, 5.41) is 0. The molecule has 1 saturated carbocycles. The van der Waals surface area contributed by atoms with Gasteiger partial charge < -0.3 is 15.2 Å². The first-order chi connectivity index (χ1) is 9.28. The summed E-state index contributed by atoms with van der Waals surface area (Å²) in [6, 6.07) is 7.76. The molecule has 0 spiro atoms. The molecule has 1 fully saturated rings. The van der Waals surface area contributed by atoms with E-state index in [4.69, 9.17) is 15.2 Å². The first kappa shape index (κ1) is 11.8. The molecule has 1 aromatic carbocycles. The topological polar surface area (TPSA) is 70.3 Å². The van der Waals surface area contributed by atoms with E-state index >= 15 is 0 Å². The second-order valence-corrected chi connectivity index (χ2v) is 4.48. The van der Waals surface area contributed by atoms with E-state index in [2.05, 4.69) is 9.97 Å². The molecule has 1 heterocycles. The molecule has 0 radical (unpaired) electrons. The number of nitrogens with two attached hydrogens (primary N) is 1. The normalized spacial score (nSPS) is 14.2. The zero-order valence-corrected chi connectivity index (χ0v) is 10.7. The molecule has 0 unspecified atom stereocenters. The lowest BCUT2D eigenvalue weighted by Crippen LogP contribution is -2.00. The lowest BCUT2D eigenvalue weighted by atomic mass is 10.1. The molecule has 0 atom stereocenters. The van der Waals surface area contributed by atoms with Gasteiger partial charge in [0.15, 0.2) is 11.6 Å². The van der Waals surface area contributed by atoms with Gasteiger partial charge in [0.2, 0.25) is 0 Å². The van der Waals surface area contributed by atoms with Gasteiger partial charge >= 0.3 is 0 Å². The van der Waals surface area contributed by atoms with E-state index in [1.807, 2.05) is 24.3 Å². The smallest absolute Gasteiger partial charge is 0.187 e. The lowest BCUT2D eigenvalue weighted by molar-refractivity contribution is 0.303. The number of nitrogens with zero attached hydrogens (tertiary/aromatic N) is 2. The van der Waals surface area contributed by atoms with Crippen LogP contribution in [0.4, 0.5) is 5.82 Å². The van der Waals surface area contributed by atoms with Crippen molar-refractivity contribution in [1.82, 2.24) is 9.97 Å². The second-order valence-electron chi connectivity index (χ2n) is 4.48. The van der Waals surface area contributed by atoms with E-state index in [1.165, 1.54) is 6.33 Å². The van der Waals surface area contributed by atoms with Crippen LogP contribution in [0.25, 0.3) is 11.3 Å². The Hall–Kier alpha value is -2.30. The first-order valence-electron chi connectivity index (χ1n) is 6.19. The quantitative estimate of drug-likeness (QED) is 0.909. The van der Waals surface area contributed by atoms with Crippen molar-refractivity contribution >= 4 is 5.82 Å². The van der Waals surface area contributed by atoms with Gasteiger partial charge in [0.1, 0.15) is 17.8 Å². The molecular formula is C14H15N3O2. The number of anilines is 1. The molecule has 1 aliphatic carbocycles. The molecule has 0 amide bonds. The molecule has 1 aliphatic rings. The average molecular weight is 257 g/mol. The minimum atomic E-state index is 0.339. The van der Waals surface area contributed by atoms with E-state index in [9.17, 15) is 0 Å². The maximum absolute atomic E-state index is 5.77. The lowest BCUT2D eigenvalue weighted by Gasteiger charge is -2.10. The Balaban J connectivity index is 1.90. The molecule has 0 aliphatic heterocycles. The van der Waals surface area contributed by atoms with Crippen molar-refractivity contribution in [2.75, 3.05) is 12.8 Å². The van der Waals surface area contributed by atoms with Crippen molar-refractivity contribution in [3.05, 3.63) is 30.6 Å². The molecule has 0 bridgehead atoms. The van der Waals surface area contributed by atoms with Gasteiger partial charge in [0.25, 0.3) is 0 Å². The van der Waals surface area contributed by atoms with Gasteiger partial charge in [-0.2, -0.15) is 0 Å². The van der Waals surface area contributed by atoms with Crippen molar-refractivity contribution in [2.24, 2.45) is 0 Å². The standard InChI is InChI=1S/C14H15N3O2/c1-18-13-12(16-8-17-14(13)15)9-2-4-10(5-3-9)19-11-6-7-11/h2-5,8,11H,6-7H2,1H3,(H2,15,16,17). The zero-order valence-electron chi connectivity index (χ0n) is 10.7. The summed E-state index contributed by atoms with van der Waals surface area (Å²) in [7, 11) is 1.56. The largest absolute Gasteiger partial charge is 0.491 e. The Morgan fingerprint density at radius 1 is 1.16 bits per heavy atom. The fourth-order valence-electron chi connectivity index (χ4n) is 1.86. The van der Waals surface area contributed by atoms with Crippen LogP contribution in [0.5, 0.6) is 11.5 Å². The molecule has 2 N–H and O–H groups in total. The van der Waals surface area contributed by atoms with E-state index < -0.39 is 0 Å². The highest BCUT2D eigenvalue weighted by Gasteiger charge is 2.23. The minimum absolute atomic E-state index is 0.339. The fourth-order valence-corrected chi connectivity index (χ4v) is 1.86. The number of ether oxygens (including phenoxy) is 2. The van der Waals surface area contributed by atoms with Gasteiger partial charge in [0.05, 0.1) is 13.2 Å². The van der Waals surface area contributed by atoms with Crippen molar-refractivity contribution < 1.29 is 9.47 Å². The van der Waals surface area contributed by atoms with E-state index in [1.54, 1.807) is 7.11 Å². The summed E-state index contributed by atoms with van der Waals surface area (Å²) < 4.78 is 11.0. The Morgan fingerprint density at radius 3 is 2.53 bits per heavy atom. The highest BCUT2D eigenvalue weighted by atomic mass is 16.5. The van der Waals surface area contributed by atoms with Crippen LogP contribution in [0.2, 0.25) is 0 Å². The van der Waals surface area contributed by atoms with Crippen LogP contribution in [0, 0.1) is 0 Å². The maximum atomic E-state index is 5.77. The number of hydrogen-bond acceptors (Lipinski definition) is 5. The second kappa shape index (κ2) is 4.76. The summed E-state index contributed by atoms with van der Waals surface area (Å²) >= 11 is 0. The van der Waals surface area contributed by atoms with Gasteiger partial charge in [-0.1, -0.05) is 0 Å².